The summed E-state index contributed by atoms with van der Waals surface area (Å²) in [6.45, 7) is 2.11. The number of hydrogen-bond acceptors (Lipinski definition) is 5. The molecule has 0 spiro atoms. The first kappa shape index (κ1) is 23.2. The molecule has 0 saturated carbocycles. The Hall–Kier alpha value is -3.06. The standard InChI is InChI=1S/C23H31N3O4/c1-16(22(29)25(2)3)26(14-4-5-17-6-10-19(27)11-7-17)23(30)21(24)15-18-8-12-20(28)13-9-18/h6-13,16,21,27-28H,4-5,14-15,24H2,1-3H3/t16-,21?/m1/s1. The molecule has 0 bridgehead atoms. The summed E-state index contributed by atoms with van der Waals surface area (Å²) < 4.78 is 0. The molecule has 7 nitrogen and oxygen atoms in total. The number of carbonyl (C=O) groups is 2. The van der Waals surface area contributed by atoms with E-state index in [2.05, 4.69) is 0 Å². The second-order valence-corrected chi connectivity index (χ2v) is 7.69. The van der Waals surface area contributed by atoms with E-state index < -0.39 is 12.1 Å². The highest BCUT2D eigenvalue weighted by atomic mass is 16.3. The van der Waals surface area contributed by atoms with Crippen molar-refractivity contribution in [3.8, 4) is 11.5 Å². The van der Waals surface area contributed by atoms with Gasteiger partial charge in [0.2, 0.25) is 11.8 Å². The van der Waals surface area contributed by atoms with Crippen molar-refractivity contribution in [2.75, 3.05) is 20.6 Å². The Kier molecular flexibility index (Phi) is 8.24. The third-order valence-electron chi connectivity index (χ3n) is 5.06. The Bertz CT molecular complexity index is 835. The fourth-order valence-corrected chi connectivity index (χ4v) is 3.30. The molecule has 0 radical (unpaired) electrons. The summed E-state index contributed by atoms with van der Waals surface area (Å²) in [6.07, 6.45) is 1.68. The van der Waals surface area contributed by atoms with Gasteiger partial charge in [-0.05, 0) is 61.6 Å². The molecule has 1 unspecified atom stereocenters. The lowest BCUT2D eigenvalue weighted by molar-refractivity contribution is -0.144. The smallest absolute Gasteiger partial charge is 0.244 e. The number of benzene rings is 2. The molecule has 2 amide bonds. The van der Waals surface area contributed by atoms with Gasteiger partial charge in [0.15, 0.2) is 0 Å². The molecule has 0 heterocycles. The van der Waals surface area contributed by atoms with Crippen molar-refractivity contribution in [1.29, 1.82) is 0 Å². The summed E-state index contributed by atoms with van der Waals surface area (Å²) in [5.41, 5.74) is 8.07. The number of nitrogens with two attached hydrogens (primary N) is 1. The molecule has 0 aliphatic rings. The van der Waals surface area contributed by atoms with E-state index in [1.807, 2.05) is 12.1 Å². The second-order valence-electron chi connectivity index (χ2n) is 7.69. The van der Waals surface area contributed by atoms with Gasteiger partial charge in [0.25, 0.3) is 0 Å². The van der Waals surface area contributed by atoms with Gasteiger partial charge >= 0.3 is 0 Å². The van der Waals surface area contributed by atoms with Crippen molar-refractivity contribution in [1.82, 2.24) is 9.80 Å². The molecule has 2 aromatic rings. The third-order valence-corrected chi connectivity index (χ3v) is 5.06. The summed E-state index contributed by atoms with van der Waals surface area (Å²) in [6, 6.07) is 12.1. The molecule has 2 rings (SSSR count). The number of aromatic hydroxyl groups is 2. The number of hydrogen-bond donors (Lipinski definition) is 3. The molecule has 0 aliphatic heterocycles. The van der Waals surface area contributed by atoms with Crippen LogP contribution in [0, 0.1) is 0 Å². The molecular weight excluding hydrogens is 382 g/mol. The first-order chi connectivity index (χ1) is 14.2. The van der Waals surface area contributed by atoms with Crippen LogP contribution in [-0.4, -0.2) is 64.6 Å². The van der Waals surface area contributed by atoms with Gasteiger partial charge in [-0.3, -0.25) is 9.59 Å². The van der Waals surface area contributed by atoms with Crippen molar-refractivity contribution in [3.05, 3.63) is 59.7 Å². The lowest BCUT2D eigenvalue weighted by atomic mass is 10.0. The molecule has 7 heteroatoms. The zero-order chi connectivity index (χ0) is 22.3. The van der Waals surface area contributed by atoms with E-state index in [0.29, 0.717) is 25.8 Å². The number of aryl methyl sites for hydroxylation is 1. The second kappa shape index (κ2) is 10.6. The number of likely N-dealkylation sites (N-methyl/N-ethyl adjacent to an activating group) is 1. The molecule has 2 aromatic carbocycles. The maximum Gasteiger partial charge on any atom is 0.244 e. The number of carbonyl (C=O) groups excluding carboxylic acids is 2. The quantitative estimate of drug-likeness (QED) is 0.582. The Morgan fingerprint density at radius 2 is 1.40 bits per heavy atom. The number of amides is 2. The Balaban J connectivity index is 2.08. The van der Waals surface area contributed by atoms with Crippen LogP contribution in [0.1, 0.15) is 24.5 Å². The highest BCUT2D eigenvalue weighted by Gasteiger charge is 2.30. The number of rotatable bonds is 9. The fraction of sp³-hybridized carbons (Fsp3) is 0.391. The zero-order valence-electron chi connectivity index (χ0n) is 17.8. The maximum absolute atomic E-state index is 13.1. The Morgan fingerprint density at radius 3 is 1.90 bits per heavy atom. The van der Waals surface area contributed by atoms with Crippen LogP contribution < -0.4 is 5.73 Å². The first-order valence-electron chi connectivity index (χ1n) is 10.0. The van der Waals surface area contributed by atoms with E-state index in [1.54, 1.807) is 62.3 Å². The van der Waals surface area contributed by atoms with Crippen molar-refractivity contribution < 1.29 is 19.8 Å². The number of phenols is 2. The van der Waals surface area contributed by atoms with Crippen LogP contribution in [0.3, 0.4) is 0 Å². The van der Waals surface area contributed by atoms with Gasteiger partial charge in [0, 0.05) is 20.6 Å². The van der Waals surface area contributed by atoms with Gasteiger partial charge in [0.05, 0.1) is 6.04 Å². The third kappa shape index (κ3) is 6.49. The van der Waals surface area contributed by atoms with Gasteiger partial charge in [0.1, 0.15) is 17.5 Å². The largest absolute Gasteiger partial charge is 0.508 e. The summed E-state index contributed by atoms with van der Waals surface area (Å²) in [4.78, 5) is 28.6. The van der Waals surface area contributed by atoms with Crippen LogP contribution in [0.2, 0.25) is 0 Å². The minimum Gasteiger partial charge on any atom is -0.508 e. The highest BCUT2D eigenvalue weighted by molar-refractivity contribution is 5.89. The topological polar surface area (TPSA) is 107 Å². The lowest BCUT2D eigenvalue weighted by Gasteiger charge is -2.32. The fourth-order valence-electron chi connectivity index (χ4n) is 3.30. The predicted molar refractivity (Wildman–Crippen MR) is 116 cm³/mol. The number of phenolic OH excluding ortho intramolecular Hbond substituents is 2. The SMILES string of the molecule is C[C@H](C(=O)N(C)C)N(CCCc1ccc(O)cc1)C(=O)C(N)Cc1ccc(O)cc1. The van der Waals surface area contributed by atoms with E-state index in [-0.39, 0.29) is 23.3 Å². The average Bonchev–Trinajstić information content (AvgIpc) is 2.72. The zero-order valence-corrected chi connectivity index (χ0v) is 17.8. The van der Waals surface area contributed by atoms with Crippen LogP contribution in [0.5, 0.6) is 11.5 Å². The molecule has 4 N–H and O–H groups in total. The van der Waals surface area contributed by atoms with Gasteiger partial charge in [-0.25, -0.2) is 0 Å². The van der Waals surface area contributed by atoms with E-state index in [4.69, 9.17) is 5.73 Å². The summed E-state index contributed by atoms with van der Waals surface area (Å²) >= 11 is 0. The van der Waals surface area contributed by atoms with E-state index in [9.17, 15) is 19.8 Å². The normalized spacial score (nSPS) is 12.8. The molecule has 0 aromatic heterocycles. The van der Waals surface area contributed by atoms with Crippen molar-refractivity contribution in [2.45, 2.75) is 38.3 Å². The van der Waals surface area contributed by atoms with E-state index in [0.717, 1.165) is 11.1 Å². The molecule has 0 saturated heterocycles. The maximum atomic E-state index is 13.1. The van der Waals surface area contributed by atoms with Gasteiger partial charge in [-0.2, -0.15) is 0 Å². The summed E-state index contributed by atoms with van der Waals surface area (Å²) in [5, 5.41) is 18.8. The Morgan fingerprint density at radius 1 is 0.900 bits per heavy atom. The first-order valence-corrected chi connectivity index (χ1v) is 10.0. The lowest BCUT2D eigenvalue weighted by Crippen LogP contribution is -2.53. The van der Waals surface area contributed by atoms with Crippen molar-refractivity contribution in [3.63, 3.8) is 0 Å². The highest BCUT2D eigenvalue weighted by Crippen LogP contribution is 2.15. The van der Waals surface area contributed by atoms with Crippen molar-refractivity contribution >= 4 is 11.8 Å². The van der Waals surface area contributed by atoms with Gasteiger partial charge in [-0.15, -0.1) is 0 Å². The minimum absolute atomic E-state index is 0.153. The number of nitrogens with zero attached hydrogens (tertiary/aromatic N) is 2. The van der Waals surface area contributed by atoms with Gasteiger partial charge in [-0.1, -0.05) is 24.3 Å². The molecular formula is C23H31N3O4. The van der Waals surface area contributed by atoms with E-state index >= 15 is 0 Å². The van der Waals surface area contributed by atoms with Crippen LogP contribution in [0.4, 0.5) is 0 Å². The summed E-state index contributed by atoms with van der Waals surface area (Å²) in [5.74, 6) is -0.0815. The van der Waals surface area contributed by atoms with Crippen molar-refractivity contribution in [2.24, 2.45) is 5.73 Å². The monoisotopic (exact) mass is 413 g/mol. The van der Waals surface area contributed by atoms with Gasteiger partial charge < -0.3 is 25.7 Å². The Labute approximate surface area is 177 Å². The van der Waals surface area contributed by atoms with E-state index in [1.165, 1.54) is 4.90 Å². The summed E-state index contributed by atoms with van der Waals surface area (Å²) in [7, 11) is 3.32. The molecule has 162 valence electrons. The van der Waals surface area contributed by atoms with Crippen LogP contribution >= 0.6 is 0 Å². The molecule has 0 fully saturated rings. The minimum atomic E-state index is -0.791. The van der Waals surface area contributed by atoms with Crippen LogP contribution in [0.15, 0.2) is 48.5 Å². The molecule has 2 atom stereocenters. The molecule has 0 aliphatic carbocycles. The van der Waals surface area contributed by atoms with Crippen LogP contribution in [-0.2, 0) is 22.4 Å². The van der Waals surface area contributed by atoms with Crippen LogP contribution in [0.25, 0.3) is 0 Å². The predicted octanol–water partition coefficient (Wildman–Crippen LogP) is 1.91. The molecule has 30 heavy (non-hydrogen) atoms. The average molecular weight is 414 g/mol.